The fraction of sp³-hybridized carbons (Fsp3) is 0.722. The van der Waals surface area contributed by atoms with Crippen molar-refractivity contribution in [2.75, 3.05) is 7.11 Å². The van der Waals surface area contributed by atoms with Crippen LogP contribution in [-0.2, 0) is 14.0 Å². The van der Waals surface area contributed by atoms with E-state index in [4.69, 9.17) is 4.43 Å². The second kappa shape index (κ2) is 6.71. The lowest BCUT2D eigenvalue weighted by Gasteiger charge is -2.43. The van der Waals surface area contributed by atoms with Crippen molar-refractivity contribution in [3.8, 4) is 0 Å². The normalized spacial score (nSPS) is 26.7. The largest absolute Gasteiger partial charge is 0.466 e. The average Bonchev–Trinajstić information content (AvgIpc) is 2.65. The minimum absolute atomic E-state index is 0.0972. The van der Waals surface area contributed by atoms with Gasteiger partial charge in [-0.25, -0.2) is 4.79 Å². The minimum Gasteiger partial charge on any atom is -0.466 e. The van der Waals surface area contributed by atoms with Crippen LogP contribution in [0.4, 0.5) is 0 Å². The molecule has 0 N–H and O–H groups in total. The van der Waals surface area contributed by atoms with Crippen molar-refractivity contribution in [2.24, 2.45) is 5.41 Å². The average molecular weight is 325 g/mol. The van der Waals surface area contributed by atoms with Gasteiger partial charge in [0.05, 0.1) is 13.2 Å². The van der Waals surface area contributed by atoms with Crippen molar-refractivity contribution >= 4 is 14.3 Å². The molecular formula is C18H32O3Si. The van der Waals surface area contributed by atoms with Gasteiger partial charge in [0.25, 0.3) is 0 Å². The van der Waals surface area contributed by atoms with Crippen molar-refractivity contribution in [1.82, 2.24) is 0 Å². The maximum atomic E-state index is 11.3. The summed E-state index contributed by atoms with van der Waals surface area (Å²) in [5.41, 5.74) is 1.13. The van der Waals surface area contributed by atoms with Crippen LogP contribution in [0.25, 0.3) is 0 Å². The van der Waals surface area contributed by atoms with Gasteiger partial charge < -0.3 is 9.16 Å². The highest BCUT2D eigenvalue weighted by Gasteiger charge is 2.47. The van der Waals surface area contributed by atoms with Crippen molar-refractivity contribution < 1.29 is 14.0 Å². The van der Waals surface area contributed by atoms with Crippen LogP contribution in [0.3, 0.4) is 0 Å². The Labute approximate surface area is 136 Å². The van der Waals surface area contributed by atoms with Crippen LogP contribution in [0.15, 0.2) is 24.3 Å². The molecule has 0 unspecified atom stereocenters. The fourth-order valence-corrected chi connectivity index (χ4v) is 4.05. The lowest BCUT2D eigenvalue weighted by molar-refractivity contribution is -0.134. The Kier molecular flexibility index (Phi) is 5.85. The number of allylic oxidation sites excluding steroid dienone is 1. The van der Waals surface area contributed by atoms with Crippen molar-refractivity contribution in [2.45, 2.75) is 71.2 Å². The van der Waals surface area contributed by atoms with E-state index in [2.05, 4.69) is 52.1 Å². The predicted octanol–water partition coefficient (Wildman–Crippen LogP) is 4.85. The van der Waals surface area contributed by atoms with Crippen molar-refractivity contribution in [3.63, 3.8) is 0 Å². The molecule has 1 saturated carbocycles. The van der Waals surface area contributed by atoms with Crippen LogP contribution >= 0.6 is 0 Å². The molecule has 0 bridgehead atoms. The molecule has 0 radical (unpaired) electrons. The van der Waals surface area contributed by atoms with E-state index in [-0.39, 0.29) is 22.5 Å². The summed E-state index contributed by atoms with van der Waals surface area (Å²) in [6, 6.07) is 0. The molecule has 4 heteroatoms. The van der Waals surface area contributed by atoms with Crippen LogP contribution in [0.2, 0.25) is 18.1 Å². The SMILES string of the molecule is C=C1CC[C@@H](O[Si](C)(C)C(C)(C)C)[C@]1(C)C/C=C/C(=O)OC. The minimum atomic E-state index is -1.81. The van der Waals surface area contributed by atoms with Crippen LogP contribution < -0.4 is 0 Å². The molecule has 0 spiro atoms. The van der Waals surface area contributed by atoms with E-state index >= 15 is 0 Å². The summed E-state index contributed by atoms with van der Waals surface area (Å²) < 4.78 is 11.3. The lowest BCUT2D eigenvalue weighted by Crippen LogP contribution is -2.47. The zero-order chi connectivity index (χ0) is 17.2. The molecule has 1 fully saturated rings. The molecule has 0 heterocycles. The first kappa shape index (κ1) is 19.2. The topological polar surface area (TPSA) is 35.5 Å². The predicted molar refractivity (Wildman–Crippen MR) is 94.3 cm³/mol. The van der Waals surface area contributed by atoms with E-state index in [9.17, 15) is 4.79 Å². The van der Waals surface area contributed by atoms with Gasteiger partial charge in [-0.3, -0.25) is 0 Å². The van der Waals surface area contributed by atoms with E-state index in [0.29, 0.717) is 0 Å². The van der Waals surface area contributed by atoms with Crippen molar-refractivity contribution in [3.05, 3.63) is 24.3 Å². The Morgan fingerprint density at radius 2 is 2.05 bits per heavy atom. The van der Waals surface area contributed by atoms with Crippen LogP contribution in [0.5, 0.6) is 0 Å². The van der Waals surface area contributed by atoms with E-state index in [1.54, 1.807) is 0 Å². The number of hydrogen-bond acceptors (Lipinski definition) is 3. The van der Waals surface area contributed by atoms with Gasteiger partial charge in [0.1, 0.15) is 0 Å². The van der Waals surface area contributed by atoms with E-state index < -0.39 is 8.32 Å². The summed E-state index contributed by atoms with van der Waals surface area (Å²) in [6.07, 6.45) is 6.36. The smallest absolute Gasteiger partial charge is 0.330 e. The quantitative estimate of drug-likeness (QED) is 0.314. The van der Waals surface area contributed by atoms with Gasteiger partial charge in [0.2, 0.25) is 0 Å². The second-order valence-corrected chi connectivity index (χ2v) is 12.8. The highest BCUT2D eigenvalue weighted by Crippen LogP contribution is 2.49. The van der Waals surface area contributed by atoms with Gasteiger partial charge in [-0.05, 0) is 37.4 Å². The first-order valence-electron chi connectivity index (χ1n) is 8.04. The number of carbonyl (C=O) groups is 1. The van der Waals surface area contributed by atoms with Crippen LogP contribution in [0, 0.1) is 5.41 Å². The molecule has 0 aliphatic heterocycles. The molecule has 1 aliphatic rings. The van der Waals surface area contributed by atoms with Crippen LogP contribution in [-0.4, -0.2) is 27.5 Å². The molecule has 22 heavy (non-hydrogen) atoms. The zero-order valence-electron chi connectivity index (χ0n) is 15.3. The van der Waals surface area contributed by atoms with Crippen molar-refractivity contribution in [1.29, 1.82) is 0 Å². The maximum Gasteiger partial charge on any atom is 0.330 e. The Hall–Kier alpha value is -0.873. The number of ether oxygens (including phenoxy) is 1. The molecule has 0 amide bonds. The molecule has 0 aromatic heterocycles. The van der Waals surface area contributed by atoms with Gasteiger partial charge >= 0.3 is 5.97 Å². The molecule has 0 saturated heterocycles. The Morgan fingerprint density at radius 3 is 2.55 bits per heavy atom. The Balaban J connectivity index is 2.88. The van der Waals surface area contributed by atoms with Crippen LogP contribution in [0.1, 0.15) is 47.0 Å². The Morgan fingerprint density at radius 1 is 1.45 bits per heavy atom. The standard InChI is InChI=1S/C18H32O3Si/c1-14-11-12-15(21-22(7,8)17(2,3)4)18(14,5)13-9-10-16(19)20-6/h9-10,15H,1,11-13H2,2-8H3/b10-9+/t15-,18-/m1/s1. The number of methoxy groups -OCH3 is 1. The number of rotatable bonds is 5. The van der Waals surface area contributed by atoms with Gasteiger partial charge in [0, 0.05) is 11.5 Å². The number of hydrogen-bond donors (Lipinski definition) is 0. The van der Waals surface area contributed by atoms with Gasteiger partial charge in [0.15, 0.2) is 8.32 Å². The Bertz CT molecular complexity index is 459. The summed E-state index contributed by atoms with van der Waals surface area (Å²) in [4.78, 5) is 11.3. The van der Waals surface area contributed by atoms with E-state index in [1.165, 1.54) is 18.8 Å². The molecule has 1 rings (SSSR count). The zero-order valence-corrected chi connectivity index (χ0v) is 16.3. The third-order valence-corrected chi connectivity index (χ3v) is 9.95. The number of esters is 1. The highest BCUT2D eigenvalue weighted by molar-refractivity contribution is 6.74. The monoisotopic (exact) mass is 324 g/mol. The van der Waals surface area contributed by atoms with E-state index in [1.807, 2.05) is 6.08 Å². The maximum absolute atomic E-state index is 11.3. The van der Waals surface area contributed by atoms with Gasteiger partial charge in [-0.1, -0.05) is 45.9 Å². The summed E-state index contributed by atoms with van der Waals surface area (Å²) in [6.45, 7) is 17.8. The molecular weight excluding hydrogens is 292 g/mol. The first-order valence-corrected chi connectivity index (χ1v) is 11.0. The lowest BCUT2D eigenvalue weighted by atomic mass is 9.80. The summed E-state index contributed by atoms with van der Waals surface area (Å²) >= 11 is 0. The summed E-state index contributed by atoms with van der Waals surface area (Å²) in [5.74, 6) is -0.311. The summed E-state index contributed by atoms with van der Waals surface area (Å²) in [5, 5.41) is 0.194. The fourth-order valence-electron chi connectivity index (χ4n) is 2.60. The first-order chi connectivity index (χ1) is 9.94. The molecule has 0 aromatic carbocycles. The second-order valence-electron chi connectivity index (χ2n) is 8.06. The molecule has 1 aliphatic carbocycles. The van der Waals surface area contributed by atoms with E-state index in [0.717, 1.165) is 19.3 Å². The van der Waals surface area contributed by atoms with Gasteiger partial charge in [-0.2, -0.15) is 0 Å². The molecule has 0 aromatic rings. The molecule has 2 atom stereocenters. The molecule has 126 valence electrons. The molecule has 3 nitrogen and oxygen atoms in total. The summed E-state index contributed by atoms with van der Waals surface area (Å²) in [7, 11) is -0.418. The third kappa shape index (κ3) is 4.11. The number of carbonyl (C=O) groups excluding carboxylic acids is 1. The van der Waals surface area contributed by atoms with Gasteiger partial charge in [-0.15, -0.1) is 0 Å². The highest BCUT2D eigenvalue weighted by atomic mass is 28.4. The third-order valence-electron chi connectivity index (χ3n) is 5.47.